The second-order valence-electron chi connectivity index (χ2n) is 4.26. The number of thiophene rings is 1. The number of nitrogens with zero attached hydrogens (tertiary/aromatic N) is 2. The SMILES string of the molecule is CCN(CCC(=O)O)C(=O)N(C)CCc1cccs1. The molecule has 19 heavy (non-hydrogen) atoms. The molecule has 6 heteroatoms. The third-order valence-electron chi connectivity index (χ3n) is 2.85. The third kappa shape index (κ3) is 5.30. The van der Waals surface area contributed by atoms with Crippen molar-refractivity contribution in [2.24, 2.45) is 0 Å². The number of aliphatic carboxylic acids is 1. The van der Waals surface area contributed by atoms with Crippen LogP contribution >= 0.6 is 11.3 Å². The van der Waals surface area contributed by atoms with E-state index in [9.17, 15) is 9.59 Å². The van der Waals surface area contributed by atoms with Crippen molar-refractivity contribution in [3.63, 3.8) is 0 Å². The van der Waals surface area contributed by atoms with Gasteiger partial charge in [-0.05, 0) is 24.8 Å². The molecule has 0 spiro atoms. The van der Waals surface area contributed by atoms with Crippen molar-refractivity contribution in [2.75, 3.05) is 26.7 Å². The molecule has 0 aromatic carbocycles. The summed E-state index contributed by atoms with van der Waals surface area (Å²) in [6, 6.07) is 3.93. The lowest BCUT2D eigenvalue weighted by Gasteiger charge is -2.26. The fraction of sp³-hybridized carbons (Fsp3) is 0.538. The van der Waals surface area contributed by atoms with E-state index in [1.807, 2.05) is 24.4 Å². The molecule has 1 rings (SSSR count). The number of carboxylic acids is 1. The molecule has 1 aromatic rings. The van der Waals surface area contributed by atoms with Gasteiger partial charge in [-0.25, -0.2) is 4.79 Å². The average Bonchev–Trinajstić information content (AvgIpc) is 2.89. The van der Waals surface area contributed by atoms with E-state index in [2.05, 4.69) is 0 Å². The summed E-state index contributed by atoms with van der Waals surface area (Å²) in [4.78, 5) is 27.1. The summed E-state index contributed by atoms with van der Waals surface area (Å²) >= 11 is 1.68. The maximum absolute atomic E-state index is 12.1. The highest BCUT2D eigenvalue weighted by Crippen LogP contribution is 2.10. The van der Waals surface area contributed by atoms with Gasteiger partial charge in [0.25, 0.3) is 0 Å². The maximum atomic E-state index is 12.1. The Morgan fingerprint density at radius 2 is 2.11 bits per heavy atom. The molecule has 5 nitrogen and oxygen atoms in total. The van der Waals surface area contributed by atoms with Crippen molar-refractivity contribution in [3.05, 3.63) is 22.4 Å². The van der Waals surface area contributed by atoms with Gasteiger partial charge in [0.05, 0.1) is 6.42 Å². The lowest BCUT2D eigenvalue weighted by atomic mass is 10.3. The summed E-state index contributed by atoms with van der Waals surface area (Å²) in [5.41, 5.74) is 0. The molecule has 106 valence electrons. The van der Waals surface area contributed by atoms with E-state index in [0.717, 1.165) is 6.42 Å². The first-order chi connectivity index (χ1) is 9.04. The van der Waals surface area contributed by atoms with E-state index >= 15 is 0 Å². The molecule has 0 aliphatic carbocycles. The van der Waals surface area contributed by atoms with Crippen molar-refractivity contribution >= 4 is 23.3 Å². The summed E-state index contributed by atoms with van der Waals surface area (Å²) in [5.74, 6) is -0.882. The zero-order valence-electron chi connectivity index (χ0n) is 11.3. The second kappa shape index (κ2) is 7.78. The number of hydrogen-bond donors (Lipinski definition) is 1. The molecule has 0 atom stereocenters. The normalized spacial score (nSPS) is 10.2. The molecule has 1 N–H and O–H groups in total. The van der Waals surface area contributed by atoms with Gasteiger partial charge in [0, 0.05) is 31.6 Å². The van der Waals surface area contributed by atoms with Crippen LogP contribution in [0.4, 0.5) is 4.79 Å². The van der Waals surface area contributed by atoms with Gasteiger partial charge in [-0.1, -0.05) is 6.07 Å². The summed E-state index contributed by atoms with van der Waals surface area (Å²) in [6.07, 6.45) is 0.814. The molecule has 0 bridgehead atoms. The Kier molecular flexibility index (Phi) is 6.35. The van der Waals surface area contributed by atoms with E-state index in [0.29, 0.717) is 13.1 Å². The molecule has 0 fully saturated rings. The Balaban J connectivity index is 2.42. The van der Waals surface area contributed by atoms with Crippen LogP contribution in [0.2, 0.25) is 0 Å². The Morgan fingerprint density at radius 1 is 1.37 bits per heavy atom. The Bertz CT molecular complexity index is 406. The second-order valence-corrected chi connectivity index (χ2v) is 5.29. The van der Waals surface area contributed by atoms with Crippen LogP contribution in [0.3, 0.4) is 0 Å². The van der Waals surface area contributed by atoms with Crippen molar-refractivity contribution in [1.29, 1.82) is 0 Å². The maximum Gasteiger partial charge on any atom is 0.319 e. The number of hydrogen-bond acceptors (Lipinski definition) is 3. The van der Waals surface area contributed by atoms with Crippen LogP contribution in [0.5, 0.6) is 0 Å². The minimum atomic E-state index is -0.882. The lowest BCUT2D eigenvalue weighted by Crippen LogP contribution is -2.42. The van der Waals surface area contributed by atoms with Crippen LogP contribution in [-0.4, -0.2) is 53.6 Å². The van der Waals surface area contributed by atoms with E-state index in [-0.39, 0.29) is 19.0 Å². The molecule has 0 unspecified atom stereocenters. The van der Waals surface area contributed by atoms with Gasteiger partial charge in [-0.2, -0.15) is 0 Å². The monoisotopic (exact) mass is 284 g/mol. The minimum absolute atomic E-state index is 0.0155. The fourth-order valence-electron chi connectivity index (χ4n) is 1.69. The average molecular weight is 284 g/mol. The number of carbonyl (C=O) groups is 2. The first kappa shape index (κ1) is 15.5. The lowest BCUT2D eigenvalue weighted by molar-refractivity contribution is -0.137. The number of carboxylic acid groups (broad SMARTS) is 1. The summed E-state index contributed by atoms with van der Waals surface area (Å²) in [7, 11) is 1.75. The first-order valence-corrected chi connectivity index (χ1v) is 7.16. The van der Waals surface area contributed by atoms with E-state index < -0.39 is 5.97 Å². The molecule has 0 aliphatic heterocycles. The number of amides is 2. The first-order valence-electron chi connectivity index (χ1n) is 6.28. The van der Waals surface area contributed by atoms with Gasteiger partial charge in [0.1, 0.15) is 0 Å². The van der Waals surface area contributed by atoms with Crippen molar-refractivity contribution in [2.45, 2.75) is 19.8 Å². The van der Waals surface area contributed by atoms with E-state index in [4.69, 9.17) is 5.11 Å². The molecule has 2 amide bonds. The number of urea groups is 1. The van der Waals surface area contributed by atoms with Crippen LogP contribution in [0.15, 0.2) is 17.5 Å². The zero-order chi connectivity index (χ0) is 14.3. The topological polar surface area (TPSA) is 60.9 Å². The number of rotatable bonds is 7. The Labute approximate surface area is 117 Å². The molecular formula is C13H20N2O3S. The molecule has 1 heterocycles. The number of carbonyl (C=O) groups excluding carboxylic acids is 1. The largest absolute Gasteiger partial charge is 0.481 e. The van der Waals surface area contributed by atoms with Crippen LogP contribution in [0.1, 0.15) is 18.2 Å². The van der Waals surface area contributed by atoms with E-state index in [1.165, 1.54) is 4.88 Å². The highest BCUT2D eigenvalue weighted by molar-refractivity contribution is 7.09. The summed E-state index contributed by atoms with van der Waals surface area (Å²) in [6.45, 7) is 3.28. The number of likely N-dealkylation sites (N-methyl/N-ethyl adjacent to an activating group) is 1. The van der Waals surface area contributed by atoms with Gasteiger partial charge in [0.2, 0.25) is 0 Å². The molecule has 1 aromatic heterocycles. The fourth-order valence-corrected chi connectivity index (χ4v) is 2.39. The summed E-state index contributed by atoms with van der Waals surface area (Å²) < 4.78 is 0. The molecule has 0 saturated heterocycles. The zero-order valence-corrected chi connectivity index (χ0v) is 12.2. The van der Waals surface area contributed by atoms with Crippen molar-refractivity contribution in [1.82, 2.24) is 9.80 Å². The summed E-state index contributed by atoms with van der Waals surface area (Å²) in [5, 5.41) is 10.7. The Hall–Kier alpha value is -1.56. The van der Waals surface area contributed by atoms with Gasteiger partial charge in [-0.15, -0.1) is 11.3 Å². The predicted molar refractivity (Wildman–Crippen MR) is 75.5 cm³/mol. The smallest absolute Gasteiger partial charge is 0.319 e. The van der Waals surface area contributed by atoms with Gasteiger partial charge in [0.15, 0.2) is 0 Å². The predicted octanol–water partition coefficient (Wildman–Crippen LogP) is 2.14. The molecule has 0 radical (unpaired) electrons. The highest BCUT2D eigenvalue weighted by Gasteiger charge is 2.17. The molecule has 0 aliphatic rings. The van der Waals surface area contributed by atoms with Crippen LogP contribution < -0.4 is 0 Å². The van der Waals surface area contributed by atoms with Crippen molar-refractivity contribution in [3.8, 4) is 0 Å². The van der Waals surface area contributed by atoms with Crippen LogP contribution in [0, 0.1) is 0 Å². The quantitative estimate of drug-likeness (QED) is 0.834. The van der Waals surface area contributed by atoms with Gasteiger partial charge >= 0.3 is 12.0 Å². The van der Waals surface area contributed by atoms with E-state index in [1.54, 1.807) is 28.2 Å². The highest BCUT2D eigenvalue weighted by atomic mass is 32.1. The van der Waals surface area contributed by atoms with Crippen molar-refractivity contribution < 1.29 is 14.7 Å². The van der Waals surface area contributed by atoms with Gasteiger partial charge < -0.3 is 14.9 Å². The van der Waals surface area contributed by atoms with Crippen LogP contribution in [0.25, 0.3) is 0 Å². The molecular weight excluding hydrogens is 264 g/mol. The minimum Gasteiger partial charge on any atom is -0.481 e. The molecule has 0 saturated carbocycles. The van der Waals surface area contributed by atoms with Gasteiger partial charge in [-0.3, -0.25) is 4.79 Å². The Morgan fingerprint density at radius 3 is 2.63 bits per heavy atom. The standard InChI is InChI=1S/C13H20N2O3S/c1-3-15(9-7-12(16)17)13(18)14(2)8-6-11-5-4-10-19-11/h4-5,10H,3,6-9H2,1-2H3,(H,16,17). The van der Waals surface area contributed by atoms with Crippen LogP contribution in [-0.2, 0) is 11.2 Å². The third-order valence-corrected chi connectivity index (χ3v) is 3.78.